The number of nitrogens with two attached hydrogens (primary N) is 1. The molecule has 1 aromatic carbocycles. The fourth-order valence-electron chi connectivity index (χ4n) is 3.33. The van der Waals surface area contributed by atoms with Crippen LogP contribution in [0.3, 0.4) is 0 Å². The minimum Gasteiger partial charge on any atom is -0.479 e. The molecule has 1 aromatic rings. The van der Waals surface area contributed by atoms with E-state index in [1.807, 2.05) is 12.1 Å². The van der Waals surface area contributed by atoms with Crippen molar-refractivity contribution in [2.75, 3.05) is 13.2 Å². The Kier molecular flexibility index (Phi) is 7.20. The van der Waals surface area contributed by atoms with Crippen molar-refractivity contribution in [1.82, 2.24) is 4.90 Å². The lowest BCUT2D eigenvalue weighted by atomic mass is 9.91. The Balaban J connectivity index is 0.000000370. The molecule has 160 valence electrons. The third-order valence-electron chi connectivity index (χ3n) is 4.82. The van der Waals surface area contributed by atoms with E-state index in [2.05, 4.69) is 0 Å². The third kappa shape index (κ3) is 5.45. The van der Waals surface area contributed by atoms with Crippen LogP contribution in [-0.2, 0) is 25.7 Å². The maximum Gasteiger partial charge on any atom is 0.490 e. The van der Waals surface area contributed by atoms with Crippen molar-refractivity contribution in [3.63, 3.8) is 0 Å². The Bertz CT molecular complexity index is 764. The minimum atomic E-state index is -5.08. The molecule has 0 saturated carbocycles. The number of fused-ring (bicyclic) bond motifs is 1. The van der Waals surface area contributed by atoms with Crippen LogP contribution in [0.25, 0.3) is 0 Å². The number of carboxylic acids is 2. The van der Waals surface area contributed by atoms with E-state index in [1.54, 1.807) is 12.1 Å². The average Bonchev–Trinajstić information content (AvgIpc) is 3.07. The second-order valence-corrected chi connectivity index (χ2v) is 6.68. The molecule has 1 saturated heterocycles. The highest BCUT2D eigenvalue weighted by Gasteiger charge is 2.41. The van der Waals surface area contributed by atoms with Gasteiger partial charge in [0, 0.05) is 19.8 Å². The van der Waals surface area contributed by atoms with Gasteiger partial charge in [-0.05, 0) is 29.9 Å². The molecule has 2 aliphatic heterocycles. The first-order valence-corrected chi connectivity index (χ1v) is 8.78. The molecule has 2 unspecified atom stereocenters. The van der Waals surface area contributed by atoms with Crippen molar-refractivity contribution in [3.05, 3.63) is 35.4 Å². The number of ether oxygens (including phenoxy) is 1. The lowest BCUT2D eigenvalue weighted by molar-refractivity contribution is -0.192. The molecule has 3 rings (SSSR count). The molecule has 0 radical (unpaired) electrons. The number of carboxylic acid groups (broad SMARTS) is 2. The van der Waals surface area contributed by atoms with Crippen LogP contribution in [-0.4, -0.2) is 58.4 Å². The molecule has 8 nitrogen and oxygen atoms in total. The number of halogens is 3. The summed E-state index contributed by atoms with van der Waals surface area (Å²) in [7, 11) is 0. The molecule has 0 aromatic heterocycles. The van der Waals surface area contributed by atoms with Gasteiger partial charge in [-0.25, -0.2) is 9.59 Å². The van der Waals surface area contributed by atoms with E-state index in [4.69, 9.17) is 20.4 Å². The van der Waals surface area contributed by atoms with Crippen molar-refractivity contribution in [1.29, 1.82) is 0 Å². The number of rotatable bonds is 3. The normalized spacial score (nSPS) is 20.3. The van der Waals surface area contributed by atoms with Gasteiger partial charge in [-0.1, -0.05) is 24.3 Å². The molecular formula is C18H21F3N2O6. The van der Waals surface area contributed by atoms with Crippen LogP contribution in [0.15, 0.2) is 24.3 Å². The number of carbonyl (C=O) groups excluding carboxylic acids is 1. The van der Waals surface area contributed by atoms with Crippen LogP contribution in [0.1, 0.15) is 30.0 Å². The minimum absolute atomic E-state index is 0.0550. The number of alkyl halides is 3. The Morgan fingerprint density at radius 1 is 1.14 bits per heavy atom. The largest absolute Gasteiger partial charge is 0.490 e. The number of hydrogen-bond donors (Lipinski definition) is 3. The van der Waals surface area contributed by atoms with E-state index in [0.717, 1.165) is 18.4 Å². The van der Waals surface area contributed by atoms with E-state index in [-0.39, 0.29) is 11.8 Å². The summed E-state index contributed by atoms with van der Waals surface area (Å²) in [5.74, 6) is -4.00. The molecule has 11 heteroatoms. The summed E-state index contributed by atoms with van der Waals surface area (Å²) in [5, 5.41) is 16.6. The highest BCUT2D eigenvalue weighted by atomic mass is 19.4. The first kappa shape index (κ1) is 22.6. The third-order valence-corrected chi connectivity index (χ3v) is 4.82. The molecule has 0 spiro atoms. The van der Waals surface area contributed by atoms with Gasteiger partial charge in [0.1, 0.15) is 0 Å². The maximum absolute atomic E-state index is 12.7. The summed E-state index contributed by atoms with van der Waals surface area (Å²) in [6.45, 7) is 1.52. The number of aliphatic carboxylic acids is 2. The first-order chi connectivity index (χ1) is 13.5. The van der Waals surface area contributed by atoms with Gasteiger partial charge in [-0.2, -0.15) is 13.2 Å². The van der Waals surface area contributed by atoms with Crippen LogP contribution in [0.2, 0.25) is 0 Å². The Hall–Kier alpha value is -2.66. The second-order valence-electron chi connectivity index (χ2n) is 6.68. The van der Waals surface area contributed by atoms with Gasteiger partial charge >= 0.3 is 18.1 Å². The Morgan fingerprint density at radius 3 is 2.21 bits per heavy atom. The second kappa shape index (κ2) is 9.23. The highest BCUT2D eigenvalue weighted by Crippen LogP contribution is 2.35. The molecule has 2 atom stereocenters. The van der Waals surface area contributed by atoms with Gasteiger partial charge in [-0.15, -0.1) is 0 Å². The SMILES string of the molecule is NC(C(=O)N1Cc2ccccc2C1C(=O)O)C1CCOCC1.O=C(O)C(F)(F)F. The number of benzene rings is 1. The number of hydrogen-bond acceptors (Lipinski definition) is 5. The van der Waals surface area contributed by atoms with Crippen molar-refractivity contribution in [3.8, 4) is 0 Å². The molecule has 2 aliphatic rings. The van der Waals surface area contributed by atoms with E-state index < -0.39 is 30.2 Å². The van der Waals surface area contributed by atoms with E-state index >= 15 is 0 Å². The van der Waals surface area contributed by atoms with E-state index in [9.17, 15) is 27.9 Å². The molecule has 1 amide bonds. The van der Waals surface area contributed by atoms with Crippen molar-refractivity contribution >= 4 is 17.8 Å². The molecule has 29 heavy (non-hydrogen) atoms. The van der Waals surface area contributed by atoms with Gasteiger partial charge < -0.3 is 25.6 Å². The monoisotopic (exact) mass is 418 g/mol. The summed E-state index contributed by atoms with van der Waals surface area (Å²) in [6.07, 6.45) is -3.60. The van der Waals surface area contributed by atoms with Crippen LogP contribution in [0.4, 0.5) is 13.2 Å². The summed E-state index contributed by atoms with van der Waals surface area (Å²) >= 11 is 0. The van der Waals surface area contributed by atoms with Gasteiger partial charge in [-0.3, -0.25) is 4.79 Å². The predicted molar refractivity (Wildman–Crippen MR) is 92.6 cm³/mol. The smallest absolute Gasteiger partial charge is 0.479 e. The van der Waals surface area contributed by atoms with Gasteiger partial charge in [0.15, 0.2) is 6.04 Å². The highest BCUT2D eigenvalue weighted by molar-refractivity contribution is 5.89. The fourth-order valence-corrected chi connectivity index (χ4v) is 3.33. The summed E-state index contributed by atoms with van der Waals surface area (Å²) < 4.78 is 37.0. The quantitative estimate of drug-likeness (QED) is 0.679. The zero-order valence-electron chi connectivity index (χ0n) is 15.3. The Labute approximate surface area is 164 Å². The number of amides is 1. The summed E-state index contributed by atoms with van der Waals surface area (Å²) in [4.78, 5) is 34.6. The fraction of sp³-hybridized carbons (Fsp3) is 0.500. The van der Waals surface area contributed by atoms with Gasteiger partial charge in [0.2, 0.25) is 5.91 Å². The molecule has 2 heterocycles. The number of carbonyl (C=O) groups is 3. The lowest BCUT2D eigenvalue weighted by Crippen LogP contribution is -2.49. The number of nitrogens with zero attached hydrogens (tertiary/aromatic N) is 1. The summed E-state index contributed by atoms with van der Waals surface area (Å²) in [5.41, 5.74) is 7.69. The Morgan fingerprint density at radius 2 is 1.69 bits per heavy atom. The van der Waals surface area contributed by atoms with Crippen molar-refractivity contribution in [2.45, 2.75) is 37.6 Å². The predicted octanol–water partition coefficient (Wildman–Crippen LogP) is 1.54. The molecule has 1 fully saturated rings. The van der Waals surface area contributed by atoms with Crippen LogP contribution in [0, 0.1) is 5.92 Å². The van der Waals surface area contributed by atoms with Crippen LogP contribution in [0.5, 0.6) is 0 Å². The molecular weight excluding hydrogens is 397 g/mol. The standard InChI is InChI=1S/C16H20N2O4.C2HF3O2/c17-13(10-5-7-22-8-6-10)15(19)18-9-11-3-1-2-4-12(11)14(18)16(20)21;3-2(4,5)1(6)7/h1-4,10,13-14H,5-9,17H2,(H,20,21);(H,6,7). The van der Waals surface area contributed by atoms with E-state index in [1.165, 1.54) is 4.90 Å². The first-order valence-electron chi connectivity index (χ1n) is 8.78. The van der Waals surface area contributed by atoms with Crippen molar-refractivity contribution in [2.24, 2.45) is 11.7 Å². The molecule has 0 aliphatic carbocycles. The zero-order chi connectivity index (χ0) is 21.8. The average molecular weight is 418 g/mol. The van der Waals surface area contributed by atoms with Crippen LogP contribution >= 0.6 is 0 Å². The van der Waals surface area contributed by atoms with E-state index in [0.29, 0.717) is 25.3 Å². The lowest BCUT2D eigenvalue weighted by Gasteiger charge is -2.31. The topological polar surface area (TPSA) is 130 Å². The maximum atomic E-state index is 12.7. The summed E-state index contributed by atoms with van der Waals surface area (Å²) in [6, 6.07) is 5.67. The molecule has 4 N–H and O–H groups in total. The van der Waals surface area contributed by atoms with Gasteiger partial charge in [0.25, 0.3) is 0 Å². The van der Waals surface area contributed by atoms with Crippen LogP contribution < -0.4 is 5.73 Å². The van der Waals surface area contributed by atoms with Crippen molar-refractivity contribution < 1.29 is 42.5 Å². The molecule has 0 bridgehead atoms. The van der Waals surface area contributed by atoms with Gasteiger partial charge in [0.05, 0.1) is 6.04 Å². The zero-order valence-corrected chi connectivity index (χ0v) is 15.3.